The van der Waals surface area contributed by atoms with Crippen molar-refractivity contribution in [2.45, 2.75) is 60.9 Å². The highest BCUT2D eigenvalue weighted by Gasteiger charge is 2.38. The number of nitrogens with one attached hydrogen (secondary N) is 2. The first-order chi connectivity index (χ1) is 12.3. The van der Waals surface area contributed by atoms with E-state index in [0.29, 0.717) is 10.6 Å². The van der Waals surface area contributed by atoms with Crippen LogP contribution in [0.3, 0.4) is 0 Å². The van der Waals surface area contributed by atoms with Crippen LogP contribution < -0.4 is 10.6 Å². The van der Waals surface area contributed by atoms with Gasteiger partial charge in [-0.05, 0) is 13.3 Å². The summed E-state index contributed by atoms with van der Waals surface area (Å²) >= 11 is 1.18. The minimum absolute atomic E-state index is 0.104. The topological polar surface area (TPSA) is 108 Å². The van der Waals surface area contributed by atoms with Crippen LogP contribution in [-0.4, -0.2) is 46.1 Å². The zero-order valence-corrected chi connectivity index (χ0v) is 17.2. The number of aryl methyl sites for hydroxylation is 1. The van der Waals surface area contributed by atoms with Crippen molar-refractivity contribution in [3.63, 3.8) is 0 Å². The van der Waals surface area contributed by atoms with Crippen molar-refractivity contribution in [1.82, 2.24) is 15.2 Å². The molecule has 1 aromatic heterocycles. The molecule has 1 aromatic rings. The Balaban J connectivity index is 0.00000146. The largest absolute Gasteiger partial charge is 0.329 e. The third-order valence-corrected chi connectivity index (χ3v) is 4.13. The van der Waals surface area contributed by atoms with Crippen molar-refractivity contribution in [2.75, 3.05) is 11.9 Å². The summed E-state index contributed by atoms with van der Waals surface area (Å²) in [7, 11) is 0. The van der Waals surface area contributed by atoms with Crippen LogP contribution in [0.25, 0.3) is 0 Å². The van der Waals surface area contributed by atoms with E-state index in [4.69, 9.17) is 0 Å². The molecule has 0 radical (unpaired) electrons. The fourth-order valence-corrected chi connectivity index (χ4v) is 3.07. The van der Waals surface area contributed by atoms with Crippen LogP contribution in [0.15, 0.2) is 0 Å². The standard InChI is InChI=1S/C13H16N4O4S.2C2H6/c1-4-8(17-9(19)5-14-13(17)21)11(20)16-12-15-10(6(2)18)7(3)22-12;2*1-2/h8H,4-5H2,1-3H3,(H,14,21)(H,15,16,20);2*1-2H3. The number of urea groups is 1. The van der Waals surface area contributed by atoms with Crippen molar-refractivity contribution < 1.29 is 19.2 Å². The van der Waals surface area contributed by atoms with Gasteiger partial charge in [-0.15, -0.1) is 11.3 Å². The molecule has 2 heterocycles. The minimum Gasteiger partial charge on any atom is -0.329 e. The molecule has 1 unspecified atom stereocenters. The van der Waals surface area contributed by atoms with Crippen LogP contribution in [0.2, 0.25) is 0 Å². The van der Waals surface area contributed by atoms with Crippen LogP contribution in [0.1, 0.15) is 63.3 Å². The Morgan fingerprint density at radius 1 is 1.27 bits per heavy atom. The van der Waals surface area contributed by atoms with Gasteiger partial charge in [0, 0.05) is 11.8 Å². The zero-order chi connectivity index (χ0) is 20.4. The number of thiazole rings is 1. The Hall–Kier alpha value is -2.29. The van der Waals surface area contributed by atoms with E-state index < -0.39 is 23.9 Å². The number of aromatic nitrogens is 1. The van der Waals surface area contributed by atoms with Gasteiger partial charge in [0.2, 0.25) is 5.91 Å². The molecule has 0 bridgehead atoms. The molecule has 9 heteroatoms. The molecule has 1 aliphatic heterocycles. The predicted molar refractivity (Wildman–Crippen MR) is 103 cm³/mol. The summed E-state index contributed by atoms with van der Waals surface area (Å²) < 4.78 is 0. The van der Waals surface area contributed by atoms with Gasteiger partial charge in [-0.25, -0.2) is 9.78 Å². The molecule has 2 N–H and O–H groups in total. The van der Waals surface area contributed by atoms with Gasteiger partial charge in [-0.2, -0.15) is 0 Å². The number of carbonyl (C=O) groups excluding carboxylic acids is 4. The molecule has 1 saturated heterocycles. The molecule has 0 aliphatic carbocycles. The maximum atomic E-state index is 12.3. The van der Waals surface area contributed by atoms with Gasteiger partial charge < -0.3 is 10.6 Å². The molecule has 1 fully saturated rings. The average molecular weight is 385 g/mol. The third kappa shape index (κ3) is 5.62. The number of rotatable bonds is 5. The second-order valence-corrected chi connectivity index (χ2v) is 6.02. The quantitative estimate of drug-likeness (QED) is 0.599. The van der Waals surface area contributed by atoms with Gasteiger partial charge in [-0.3, -0.25) is 19.3 Å². The first-order valence-corrected chi connectivity index (χ1v) is 9.56. The number of imide groups is 1. The molecule has 0 spiro atoms. The van der Waals surface area contributed by atoms with Gasteiger partial charge in [0.15, 0.2) is 10.9 Å². The number of nitrogens with zero attached hydrogens (tertiary/aromatic N) is 2. The van der Waals surface area contributed by atoms with Crippen molar-refractivity contribution >= 4 is 40.1 Å². The predicted octanol–water partition coefficient (Wildman–Crippen LogP) is 2.98. The number of carbonyl (C=O) groups is 4. The van der Waals surface area contributed by atoms with Crippen LogP contribution in [0.4, 0.5) is 9.93 Å². The lowest BCUT2D eigenvalue weighted by molar-refractivity contribution is -0.132. The molecular weight excluding hydrogens is 356 g/mol. The second kappa shape index (κ2) is 11.3. The lowest BCUT2D eigenvalue weighted by atomic mass is 10.2. The average Bonchev–Trinajstić information content (AvgIpc) is 3.15. The first kappa shape index (κ1) is 23.7. The number of hydrogen-bond acceptors (Lipinski definition) is 6. The molecule has 26 heavy (non-hydrogen) atoms. The second-order valence-electron chi connectivity index (χ2n) is 4.82. The molecular formula is C17H28N4O4S. The van der Waals surface area contributed by atoms with Gasteiger partial charge in [0.05, 0.1) is 6.54 Å². The Morgan fingerprint density at radius 2 is 1.85 bits per heavy atom. The Kier molecular flexibility index (Phi) is 10.3. The summed E-state index contributed by atoms with van der Waals surface area (Å²) in [5.74, 6) is -1.13. The van der Waals surface area contributed by atoms with Crippen molar-refractivity contribution in [1.29, 1.82) is 0 Å². The SMILES string of the molecule is CC.CC.CCC(C(=O)Nc1nc(C(C)=O)c(C)s1)N1C(=O)CNC1=O. The summed E-state index contributed by atoms with van der Waals surface area (Å²) in [6.07, 6.45) is 0.287. The first-order valence-electron chi connectivity index (χ1n) is 8.74. The summed E-state index contributed by atoms with van der Waals surface area (Å²) in [4.78, 5) is 52.7. The number of ketones is 1. The molecule has 4 amide bonds. The Labute approximate surface area is 158 Å². The molecule has 0 aromatic carbocycles. The maximum absolute atomic E-state index is 12.3. The highest BCUT2D eigenvalue weighted by atomic mass is 32.1. The van der Waals surface area contributed by atoms with Crippen molar-refractivity contribution in [2.24, 2.45) is 0 Å². The molecule has 8 nitrogen and oxygen atoms in total. The smallest absolute Gasteiger partial charge is 0.325 e. The number of Topliss-reactive ketones (excluding diaryl/α,β-unsaturated/α-hetero) is 1. The fourth-order valence-electron chi connectivity index (χ4n) is 2.20. The van der Waals surface area contributed by atoms with E-state index in [1.54, 1.807) is 13.8 Å². The normalized spacial score (nSPS) is 13.7. The van der Waals surface area contributed by atoms with Gasteiger partial charge in [0.25, 0.3) is 5.91 Å². The molecule has 0 saturated carbocycles. The third-order valence-electron chi connectivity index (χ3n) is 3.24. The van der Waals surface area contributed by atoms with E-state index in [2.05, 4.69) is 15.6 Å². The number of anilines is 1. The highest BCUT2D eigenvalue weighted by molar-refractivity contribution is 7.16. The number of hydrogen-bond donors (Lipinski definition) is 2. The van der Waals surface area contributed by atoms with Gasteiger partial charge >= 0.3 is 6.03 Å². The summed E-state index contributed by atoms with van der Waals surface area (Å²) in [5, 5.41) is 5.23. The number of amides is 4. The molecule has 1 atom stereocenters. The Bertz CT molecular complexity index is 641. The van der Waals surface area contributed by atoms with Crippen molar-refractivity contribution in [3.05, 3.63) is 10.6 Å². The van der Waals surface area contributed by atoms with Crippen LogP contribution in [0.5, 0.6) is 0 Å². The summed E-state index contributed by atoms with van der Waals surface area (Å²) in [6, 6.07) is -1.48. The van der Waals surface area contributed by atoms with Crippen LogP contribution in [0, 0.1) is 6.92 Å². The van der Waals surface area contributed by atoms with Crippen LogP contribution >= 0.6 is 11.3 Å². The van der Waals surface area contributed by atoms with Gasteiger partial charge in [0.1, 0.15) is 11.7 Å². The fraction of sp³-hybridized carbons (Fsp3) is 0.588. The molecule has 2 rings (SSSR count). The molecule has 146 valence electrons. The Morgan fingerprint density at radius 3 is 2.23 bits per heavy atom. The lowest BCUT2D eigenvalue weighted by Gasteiger charge is -2.22. The van der Waals surface area contributed by atoms with E-state index in [-0.39, 0.29) is 23.9 Å². The van der Waals surface area contributed by atoms with Crippen molar-refractivity contribution in [3.8, 4) is 0 Å². The lowest BCUT2D eigenvalue weighted by Crippen LogP contribution is -2.47. The van der Waals surface area contributed by atoms with E-state index in [0.717, 1.165) is 4.90 Å². The summed E-state index contributed by atoms with van der Waals surface area (Å²) in [5.41, 5.74) is 0.309. The van der Waals surface area contributed by atoms with E-state index >= 15 is 0 Å². The monoisotopic (exact) mass is 384 g/mol. The van der Waals surface area contributed by atoms with E-state index in [9.17, 15) is 19.2 Å². The van der Waals surface area contributed by atoms with Crippen LogP contribution in [-0.2, 0) is 9.59 Å². The van der Waals surface area contributed by atoms with E-state index in [1.165, 1.54) is 18.3 Å². The maximum Gasteiger partial charge on any atom is 0.325 e. The zero-order valence-electron chi connectivity index (χ0n) is 16.4. The van der Waals surface area contributed by atoms with E-state index in [1.807, 2.05) is 27.7 Å². The highest BCUT2D eigenvalue weighted by Crippen LogP contribution is 2.23. The minimum atomic E-state index is -0.903. The molecule has 1 aliphatic rings. The summed E-state index contributed by atoms with van der Waals surface area (Å²) in [6.45, 7) is 12.7. The van der Waals surface area contributed by atoms with Gasteiger partial charge in [-0.1, -0.05) is 34.6 Å².